The minimum absolute atomic E-state index is 0.0470. The second-order valence-corrected chi connectivity index (χ2v) is 5.19. The summed E-state index contributed by atoms with van der Waals surface area (Å²) >= 11 is 0. The van der Waals surface area contributed by atoms with Crippen LogP contribution in [0.5, 0.6) is 0 Å². The third-order valence-corrected chi connectivity index (χ3v) is 3.81. The number of hydrogen-bond acceptors (Lipinski definition) is 3. The molecule has 0 radical (unpaired) electrons. The van der Waals surface area contributed by atoms with Gasteiger partial charge < -0.3 is 14.8 Å². The molecule has 0 saturated carbocycles. The lowest BCUT2D eigenvalue weighted by atomic mass is 10.2. The van der Waals surface area contributed by atoms with Gasteiger partial charge in [0, 0.05) is 44.6 Å². The van der Waals surface area contributed by atoms with E-state index in [1.807, 2.05) is 22.9 Å². The molecule has 1 saturated heterocycles. The highest BCUT2D eigenvalue weighted by molar-refractivity contribution is 5.95. The van der Waals surface area contributed by atoms with E-state index in [1.165, 1.54) is 12.3 Å². The highest BCUT2D eigenvalue weighted by atomic mass is 19.1. The first-order valence-electron chi connectivity index (χ1n) is 6.93. The molecule has 3 rings (SSSR count). The first-order valence-corrected chi connectivity index (χ1v) is 6.93. The molecule has 6 heteroatoms. The molecule has 0 aromatic carbocycles. The topological polar surface area (TPSA) is 52.2 Å². The molecule has 1 aliphatic rings. The summed E-state index contributed by atoms with van der Waals surface area (Å²) < 4.78 is 13.2. The summed E-state index contributed by atoms with van der Waals surface area (Å²) in [5.74, 6) is -0.292. The van der Waals surface area contributed by atoms with E-state index in [4.69, 9.17) is 0 Å². The Morgan fingerprint density at radius 3 is 2.62 bits per heavy atom. The fourth-order valence-corrected chi connectivity index (χ4v) is 2.58. The summed E-state index contributed by atoms with van der Waals surface area (Å²) in [7, 11) is 0. The number of aromatic nitrogens is 2. The average Bonchev–Trinajstić information content (AvgIpc) is 2.93. The van der Waals surface area contributed by atoms with Crippen LogP contribution in [0.4, 0.5) is 10.1 Å². The van der Waals surface area contributed by atoms with Crippen molar-refractivity contribution in [2.45, 2.75) is 6.92 Å². The molecule has 2 aromatic heterocycles. The molecule has 2 aromatic rings. The summed E-state index contributed by atoms with van der Waals surface area (Å²) in [6, 6.07) is 1.47. The lowest BCUT2D eigenvalue weighted by Crippen LogP contribution is -2.48. The number of amides is 1. The summed E-state index contributed by atoms with van der Waals surface area (Å²) in [6.07, 6.45) is 6.40. The van der Waals surface area contributed by atoms with Crippen LogP contribution in [0.2, 0.25) is 0 Å². The van der Waals surface area contributed by atoms with Crippen molar-refractivity contribution >= 4 is 11.6 Å². The van der Waals surface area contributed by atoms with Gasteiger partial charge in [0.1, 0.15) is 5.82 Å². The molecular weight excluding hydrogens is 271 g/mol. The number of carbonyl (C=O) groups excluding carboxylic acids is 1. The third-order valence-electron chi connectivity index (χ3n) is 3.81. The van der Waals surface area contributed by atoms with Crippen LogP contribution in [-0.2, 0) is 0 Å². The highest BCUT2D eigenvalue weighted by Gasteiger charge is 2.23. The number of halogens is 1. The fourth-order valence-electron chi connectivity index (χ4n) is 2.58. The van der Waals surface area contributed by atoms with E-state index in [-0.39, 0.29) is 11.7 Å². The van der Waals surface area contributed by atoms with Gasteiger partial charge in [0.05, 0.1) is 23.6 Å². The molecule has 0 bridgehead atoms. The van der Waals surface area contributed by atoms with Crippen molar-refractivity contribution in [2.24, 2.45) is 0 Å². The maximum Gasteiger partial charge on any atom is 0.255 e. The van der Waals surface area contributed by atoms with Crippen LogP contribution in [-0.4, -0.2) is 47.0 Å². The van der Waals surface area contributed by atoms with E-state index >= 15 is 0 Å². The predicted molar refractivity (Wildman–Crippen MR) is 77.8 cm³/mol. The lowest BCUT2D eigenvalue weighted by Gasteiger charge is -2.35. The van der Waals surface area contributed by atoms with Gasteiger partial charge in [-0.05, 0) is 12.5 Å². The van der Waals surface area contributed by atoms with Crippen molar-refractivity contribution in [3.8, 4) is 0 Å². The molecule has 110 valence electrons. The molecule has 0 aliphatic carbocycles. The van der Waals surface area contributed by atoms with Gasteiger partial charge in [-0.25, -0.2) is 4.39 Å². The zero-order chi connectivity index (χ0) is 14.8. The maximum absolute atomic E-state index is 13.2. The van der Waals surface area contributed by atoms with E-state index in [2.05, 4.69) is 9.97 Å². The predicted octanol–water partition coefficient (Wildman–Crippen LogP) is 1.82. The van der Waals surface area contributed by atoms with Crippen LogP contribution in [0, 0.1) is 12.7 Å². The summed E-state index contributed by atoms with van der Waals surface area (Å²) in [4.78, 5) is 23.1. The molecule has 0 atom stereocenters. The van der Waals surface area contributed by atoms with Crippen LogP contribution < -0.4 is 4.90 Å². The minimum Gasteiger partial charge on any atom is -0.367 e. The summed E-state index contributed by atoms with van der Waals surface area (Å²) in [5.41, 5.74) is 2.44. The second kappa shape index (κ2) is 5.55. The molecule has 1 fully saturated rings. The monoisotopic (exact) mass is 288 g/mol. The number of piperazine rings is 1. The first-order chi connectivity index (χ1) is 10.1. The average molecular weight is 288 g/mol. The summed E-state index contributed by atoms with van der Waals surface area (Å²) in [6.45, 7) is 4.53. The molecular formula is C15H17FN4O. The molecule has 5 nitrogen and oxygen atoms in total. The van der Waals surface area contributed by atoms with Crippen LogP contribution >= 0.6 is 0 Å². The number of nitrogens with zero attached hydrogens (tertiary/aromatic N) is 3. The van der Waals surface area contributed by atoms with Gasteiger partial charge in [0.2, 0.25) is 0 Å². The smallest absolute Gasteiger partial charge is 0.255 e. The van der Waals surface area contributed by atoms with Crippen molar-refractivity contribution < 1.29 is 9.18 Å². The lowest BCUT2D eigenvalue weighted by molar-refractivity contribution is 0.0746. The van der Waals surface area contributed by atoms with Crippen LogP contribution in [0.25, 0.3) is 0 Å². The Hall–Kier alpha value is -2.37. The largest absolute Gasteiger partial charge is 0.367 e. The Morgan fingerprint density at radius 2 is 2.00 bits per heavy atom. The zero-order valence-electron chi connectivity index (χ0n) is 11.8. The Balaban J connectivity index is 1.65. The molecule has 1 N–H and O–H groups in total. The third kappa shape index (κ3) is 2.74. The van der Waals surface area contributed by atoms with E-state index in [1.54, 1.807) is 12.4 Å². The number of rotatable bonds is 2. The number of aromatic amines is 1. The van der Waals surface area contributed by atoms with E-state index in [9.17, 15) is 9.18 Å². The number of pyridine rings is 1. The molecule has 0 spiro atoms. The fraction of sp³-hybridized carbons (Fsp3) is 0.333. The van der Waals surface area contributed by atoms with Crippen molar-refractivity contribution in [3.63, 3.8) is 0 Å². The van der Waals surface area contributed by atoms with Gasteiger partial charge in [0.25, 0.3) is 5.91 Å². The van der Waals surface area contributed by atoms with Gasteiger partial charge in [-0.3, -0.25) is 9.78 Å². The second-order valence-electron chi connectivity index (χ2n) is 5.19. The highest BCUT2D eigenvalue weighted by Crippen LogP contribution is 2.18. The number of hydrogen-bond donors (Lipinski definition) is 1. The van der Waals surface area contributed by atoms with Gasteiger partial charge in [-0.1, -0.05) is 0 Å². The quantitative estimate of drug-likeness (QED) is 0.917. The van der Waals surface area contributed by atoms with Gasteiger partial charge in [-0.15, -0.1) is 0 Å². The Labute approximate surface area is 122 Å². The Morgan fingerprint density at radius 1 is 1.24 bits per heavy atom. The number of anilines is 1. The van der Waals surface area contributed by atoms with Crippen LogP contribution in [0.3, 0.4) is 0 Å². The Bertz CT molecular complexity index is 647. The molecule has 0 unspecified atom stereocenters. The van der Waals surface area contributed by atoms with Crippen molar-refractivity contribution in [2.75, 3.05) is 31.1 Å². The van der Waals surface area contributed by atoms with Crippen molar-refractivity contribution in [3.05, 3.63) is 47.8 Å². The van der Waals surface area contributed by atoms with Gasteiger partial charge in [-0.2, -0.15) is 0 Å². The normalized spacial score (nSPS) is 15.3. The number of carbonyl (C=O) groups is 1. The SMILES string of the molecule is Cc1c[nH]cc1C(=O)N1CCN(c2cncc(F)c2)CC1. The number of aryl methyl sites for hydroxylation is 1. The number of nitrogens with one attached hydrogen (secondary N) is 1. The maximum atomic E-state index is 13.2. The first kappa shape index (κ1) is 13.6. The van der Waals surface area contributed by atoms with Crippen LogP contribution in [0.1, 0.15) is 15.9 Å². The van der Waals surface area contributed by atoms with E-state index in [0.717, 1.165) is 16.8 Å². The molecule has 1 amide bonds. The van der Waals surface area contributed by atoms with Crippen LogP contribution in [0.15, 0.2) is 30.9 Å². The van der Waals surface area contributed by atoms with E-state index in [0.29, 0.717) is 26.2 Å². The molecule has 21 heavy (non-hydrogen) atoms. The van der Waals surface area contributed by atoms with Crippen molar-refractivity contribution in [1.29, 1.82) is 0 Å². The standard InChI is InChI=1S/C15H17FN4O/c1-11-7-17-10-14(11)15(21)20-4-2-19(3-5-20)13-6-12(16)8-18-9-13/h6-10,17H,2-5H2,1H3. The zero-order valence-corrected chi connectivity index (χ0v) is 11.8. The number of H-pyrrole nitrogens is 1. The van der Waals surface area contributed by atoms with Crippen molar-refractivity contribution in [1.82, 2.24) is 14.9 Å². The molecule has 1 aliphatic heterocycles. The molecule has 3 heterocycles. The minimum atomic E-state index is -0.339. The Kier molecular flexibility index (Phi) is 3.60. The van der Waals surface area contributed by atoms with Gasteiger partial charge >= 0.3 is 0 Å². The van der Waals surface area contributed by atoms with Gasteiger partial charge in [0.15, 0.2) is 0 Å². The van der Waals surface area contributed by atoms with E-state index < -0.39 is 0 Å². The summed E-state index contributed by atoms with van der Waals surface area (Å²) in [5, 5.41) is 0.